The minimum Gasteiger partial charge on any atom is -0.409 e. The lowest BCUT2D eigenvalue weighted by Gasteiger charge is -2.26. The van der Waals surface area contributed by atoms with Gasteiger partial charge < -0.3 is 15.8 Å². The highest BCUT2D eigenvalue weighted by molar-refractivity contribution is 6.02. The third-order valence-corrected chi connectivity index (χ3v) is 2.65. The summed E-state index contributed by atoms with van der Waals surface area (Å²) in [7, 11) is 0. The Morgan fingerprint density at radius 2 is 1.76 bits per heavy atom. The molecule has 0 aromatic carbocycles. The van der Waals surface area contributed by atoms with Gasteiger partial charge in [-0.05, 0) is 19.3 Å². The van der Waals surface area contributed by atoms with Crippen molar-refractivity contribution in [2.75, 3.05) is 13.1 Å². The Balaban J connectivity index is 4.76. The van der Waals surface area contributed by atoms with Gasteiger partial charge in [0, 0.05) is 13.1 Å². The zero-order valence-electron chi connectivity index (χ0n) is 11.1. The van der Waals surface area contributed by atoms with Gasteiger partial charge in [-0.1, -0.05) is 32.3 Å². The summed E-state index contributed by atoms with van der Waals surface area (Å²) in [6.07, 6.45) is 3.29. The molecular weight excluding hydrogens is 218 g/mol. The Labute approximate surface area is 104 Å². The van der Waals surface area contributed by atoms with Crippen molar-refractivity contribution in [1.82, 2.24) is 4.90 Å². The van der Waals surface area contributed by atoms with Crippen LogP contribution in [-0.2, 0) is 4.79 Å². The number of hydrogen-bond donors (Lipinski definition) is 2. The lowest BCUT2D eigenvalue weighted by atomic mass is 10.0. The van der Waals surface area contributed by atoms with Gasteiger partial charge in [-0.25, -0.2) is 0 Å². The molecule has 1 atom stereocenters. The second-order valence-electron chi connectivity index (χ2n) is 4.19. The van der Waals surface area contributed by atoms with Crippen LogP contribution in [-0.4, -0.2) is 34.9 Å². The molecule has 3 N–H and O–H groups in total. The second-order valence-corrected chi connectivity index (χ2v) is 4.19. The van der Waals surface area contributed by atoms with E-state index < -0.39 is 5.92 Å². The van der Waals surface area contributed by atoms with Crippen molar-refractivity contribution in [3.8, 4) is 0 Å². The van der Waals surface area contributed by atoms with Gasteiger partial charge in [-0.15, -0.1) is 0 Å². The van der Waals surface area contributed by atoms with Gasteiger partial charge in [0.05, 0.1) is 5.92 Å². The molecule has 0 bridgehead atoms. The molecule has 0 aliphatic carbocycles. The number of carbonyl (C=O) groups is 1. The smallest absolute Gasteiger partial charge is 0.233 e. The maximum atomic E-state index is 12.3. The zero-order valence-corrected chi connectivity index (χ0v) is 11.1. The molecular formula is C12H25N3O2. The quantitative estimate of drug-likeness (QED) is 0.295. The molecule has 0 aliphatic heterocycles. The average Bonchev–Trinajstić information content (AvgIpc) is 2.34. The summed E-state index contributed by atoms with van der Waals surface area (Å²) in [5.41, 5.74) is 5.59. The molecule has 17 heavy (non-hydrogen) atoms. The van der Waals surface area contributed by atoms with Crippen molar-refractivity contribution in [3.63, 3.8) is 0 Å². The molecule has 0 fully saturated rings. The SMILES string of the molecule is CCCC(C(=O)N(CCC)CCC)C(N)=NO. The number of oxime groups is 1. The van der Waals surface area contributed by atoms with Crippen molar-refractivity contribution in [2.24, 2.45) is 16.8 Å². The first kappa shape index (κ1) is 15.7. The maximum absolute atomic E-state index is 12.3. The number of nitrogens with two attached hydrogens (primary N) is 1. The molecule has 5 nitrogen and oxygen atoms in total. The second kappa shape index (κ2) is 8.84. The molecule has 0 saturated heterocycles. The van der Waals surface area contributed by atoms with Crippen LogP contribution >= 0.6 is 0 Å². The summed E-state index contributed by atoms with van der Waals surface area (Å²) in [5, 5.41) is 11.7. The summed E-state index contributed by atoms with van der Waals surface area (Å²) < 4.78 is 0. The number of rotatable bonds is 8. The highest BCUT2D eigenvalue weighted by Crippen LogP contribution is 2.12. The molecule has 0 aromatic heterocycles. The fourth-order valence-corrected chi connectivity index (χ4v) is 1.85. The Kier molecular flexibility index (Phi) is 8.19. The molecule has 100 valence electrons. The topological polar surface area (TPSA) is 78.9 Å². The Morgan fingerprint density at radius 3 is 2.12 bits per heavy atom. The van der Waals surface area contributed by atoms with Crippen LogP contribution in [0.5, 0.6) is 0 Å². The monoisotopic (exact) mass is 243 g/mol. The molecule has 0 aromatic rings. The van der Waals surface area contributed by atoms with Crippen LogP contribution in [0.15, 0.2) is 5.16 Å². The predicted octanol–water partition coefficient (Wildman–Crippen LogP) is 1.80. The minimum atomic E-state index is -0.483. The van der Waals surface area contributed by atoms with Crippen molar-refractivity contribution in [2.45, 2.75) is 46.5 Å². The van der Waals surface area contributed by atoms with Crippen LogP contribution < -0.4 is 5.73 Å². The van der Waals surface area contributed by atoms with Gasteiger partial charge in [-0.3, -0.25) is 4.79 Å². The summed E-state index contributed by atoms with van der Waals surface area (Å²) in [6, 6.07) is 0. The third-order valence-electron chi connectivity index (χ3n) is 2.65. The highest BCUT2D eigenvalue weighted by Gasteiger charge is 2.26. The van der Waals surface area contributed by atoms with Gasteiger partial charge in [0.1, 0.15) is 0 Å². The molecule has 0 saturated carbocycles. The van der Waals surface area contributed by atoms with Crippen molar-refractivity contribution in [3.05, 3.63) is 0 Å². The number of amides is 1. The Hall–Kier alpha value is -1.26. The normalized spacial score (nSPS) is 13.5. The number of amidine groups is 1. The van der Waals surface area contributed by atoms with E-state index in [0.29, 0.717) is 6.42 Å². The molecule has 0 aliphatic rings. The minimum absolute atomic E-state index is 0.0223. The molecule has 0 spiro atoms. The van der Waals surface area contributed by atoms with E-state index in [9.17, 15) is 4.79 Å². The molecule has 0 radical (unpaired) electrons. The lowest BCUT2D eigenvalue weighted by Crippen LogP contribution is -2.42. The van der Waals surface area contributed by atoms with E-state index in [0.717, 1.165) is 32.4 Å². The van der Waals surface area contributed by atoms with Crippen LogP contribution in [0.3, 0.4) is 0 Å². The van der Waals surface area contributed by atoms with Crippen molar-refractivity contribution >= 4 is 11.7 Å². The Morgan fingerprint density at radius 1 is 1.24 bits per heavy atom. The number of hydrogen-bond acceptors (Lipinski definition) is 3. The first-order chi connectivity index (χ1) is 8.12. The summed E-state index contributed by atoms with van der Waals surface area (Å²) in [5.74, 6) is -0.483. The van der Waals surface area contributed by atoms with Gasteiger partial charge in [0.25, 0.3) is 0 Å². The van der Waals surface area contributed by atoms with Crippen LogP contribution in [0.2, 0.25) is 0 Å². The van der Waals surface area contributed by atoms with E-state index in [1.807, 2.05) is 20.8 Å². The largest absolute Gasteiger partial charge is 0.409 e. The van der Waals surface area contributed by atoms with Crippen LogP contribution in [0.25, 0.3) is 0 Å². The van der Waals surface area contributed by atoms with Gasteiger partial charge in [-0.2, -0.15) is 0 Å². The third kappa shape index (κ3) is 5.06. The van der Waals surface area contributed by atoms with E-state index in [1.165, 1.54) is 0 Å². The van der Waals surface area contributed by atoms with Crippen molar-refractivity contribution in [1.29, 1.82) is 0 Å². The van der Waals surface area contributed by atoms with E-state index in [2.05, 4.69) is 5.16 Å². The van der Waals surface area contributed by atoms with Crippen LogP contribution in [0.1, 0.15) is 46.5 Å². The molecule has 5 heteroatoms. The molecule has 1 unspecified atom stereocenters. The van der Waals surface area contributed by atoms with E-state index >= 15 is 0 Å². The first-order valence-corrected chi connectivity index (χ1v) is 6.38. The zero-order chi connectivity index (χ0) is 13.3. The molecule has 0 rings (SSSR count). The lowest BCUT2D eigenvalue weighted by molar-refractivity contribution is -0.133. The number of nitrogens with zero attached hydrogens (tertiary/aromatic N) is 2. The van der Waals surface area contributed by atoms with E-state index in [-0.39, 0.29) is 11.7 Å². The predicted molar refractivity (Wildman–Crippen MR) is 69.0 cm³/mol. The molecule has 0 heterocycles. The fraction of sp³-hybridized carbons (Fsp3) is 0.833. The summed E-state index contributed by atoms with van der Waals surface area (Å²) in [4.78, 5) is 14.1. The standard InChI is InChI=1S/C12H25N3O2/c1-4-7-10(11(13)14-17)12(16)15(8-5-2)9-6-3/h10,17H,4-9H2,1-3H3,(H2,13,14). The van der Waals surface area contributed by atoms with Gasteiger partial charge in [0.15, 0.2) is 5.84 Å². The van der Waals surface area contributed by atoms with Gasteiger partial charge in [0.2, 0.25) is 5.91 Å². The van der Waals surface area contributed by atoms with E-state index in [1.54, 1.807) is 4.90 Å². The van der Waals surface area contributed by atoms with E-state index in [4.69, 9.17) is 10.9 Å². The highest BCUT2D eigenvalue weighted by atomic mass is 16.4. The Bertz CT molecular complexity index is 248. The van der Waals surface area contributed by atoms with Crippen LogP contribution in [0, 0.1) is 5.92 Å². The van der Waals surface area contributed by atoms with Crippen molar-refractivity contribution < 1.29 is 10.0 Å². The summed E-state index contributed by atoms with van der Waals surface area (Å²) >= 11 is 0. The van der Waals surface area contributed by atoms with Crippen LogP contribution in [0.4, 0.5) is 0 Å². The molecule has 1 amide bonds. The number of carbonyl (C=O) groups excluding carboxylic acids is 1. The first-order valence-electron chi connectivity index (χ1n) is 6.38. The fourth-order valence-electron chi connectivity index (χ4n) is 1.85. The van der Waals surface area contributed by atoms with Gasteiger partial charge >= 0.3 is 0 Å². The average molecular weight is 243 g/mol. The summed E-state index contributed by atoms with van der Waals surface area (Å²) in [6.45, 7) is 7.51. The maximum Gasteiger partial charge on any atom is 0.233 e.